The quantitative estimate of drug-likeness (QED) is 0.250. The molecular formula is C34H31ClN6O5. The third kappa shape index (κ3) is 6.51. The van der Waals surface area contributed by atoms with E-state index in [2.05, 4.69) is 39.3 Å². The number of carbonyl (C=O) groups is 5. The molecule has 2 aromatic carbocycles. The Kier molecular flexibility index (Phi) is 8.99. The van der Waals surface area contributed by atoms with Gasteiger partial charge in [0.15, 0.2) is 0 Å². The number of fused-ring (bicyclic) bond motifs is 1. The Morgan fingerprint density at radius 2 is 1.85 bits per heavy atom. The van der Waals surface area contributed by atoms with E-state index in [1.54, 1.807) is 57.2 Å². The first kappa shape index (κ1) is 32.0. The van der Waals surface area contributed by atoms with Gasteiger partial charge in [0.05, 0.1) is 33.3 Å². The maximum Gasteiger partial charge on any atom is 0.262 e. The van der Waals surface area contributed by atoms with Gasteiger partial charge in [0.1, 0.15) is 11.6 Å². The third-order valence-corrected chi connectivity index (χ3v) is 8.15. The highest BCUT2D eigenvalue weighted by atomic mass is 35.5. The van der Waals surface area contributed by atoms with Crippen LogP contribution in [-0.2, 0) is 14.4 Å². The van der Waals surface area contributed by atoms with Crippen LogP contribution in [-0.4, -0.2) is 65.3 Å². The standard InChI is InChI=1S/C34H31ClN6O5/c1-4-5-20-8-11-27(26(35)14-20)38-33(46)34(2,3)37-17-21(16-36)6-7-22-18-40(19-22)23-9-10-24-25(15-23)32(45)41(31(24)44)28-12-13-29(42)39-30(28)43/h8-11,14-17,22,28H,12-13,18-19,36H2,1-3H3,(H,38,46)(H,39,42,43). The van der Waals surface area contributed by atoms with Gasteiger partial charge in [-0.1, -0.05) is 29.4 Å². The van der Waals surface area contributed by atoms with E-state index in [0.29, 0.717) is 29.4 Å². The van der Waals surface area contributed by atoms with Gasteiger partial charge < -0.3 is 16.0 Å². The predicted octanol–water partition coefficient (Wildman–Crippen LogP) is 2.88. The smallest absolute Gasteiger partial charge is 0.262 e. The number of rotatable bonds is 6. The van der Waals surface area contributed by atoms with Gasteiger partial charge >= 0.3 is 0 Å². The molecular weight excluding hydrogens is 608 g/mol. The number of nitrogens with one attached hydrogen (secondary N) is 2. The number of benzene rings is 2. The number of piperidine rings is 1. The van der Waals surface area contributed by atoms with Crippen LogP contribution in [0.4, 0.5) is 11.4 Å². The van der Waals surface area contributed by atoms with Crippen LogP contribution in [0, 0.1) is 29.6 Å². The summed E-state index contributed by atoms with van der Waals surface area (Å²) in [5.74, 6) is 9.37. The van der Waals surface area contributed by atoms with E-state index < -0.39 is 35.2 Å². The molecule has 0 bridgehead atoms. The summed E-state index contributed by atoms with van der Waals surface area (Å²) in [5, 5.41) is 5.36. The van der Waals surface area contributed by atoms with Crippen LogP contribution in [0.3, 0.4) is 0 Å². The van der Waals surface area contributed by atoms with Crippen molar-refractivity contribution >= 4 is 58.7 Å². The molecule has 2 aromatic rings. The van der Waals surface area contributed by atoms with Crippen molar-refractivity contribution in [3.8, 4) is 23.7 Å². The molecule has 0 saturated carbocycles. The zero-order valence-electron chi connectivity index (χ0n) is 25.4. The summed E-state index contributed by atoms with van der Waals surface area (Å²) in [6.07, 6.45) is 2.94. The number of amides is 5. The first-order valence-corrected chi connectivity index (χ1v) is 14.9. The number of halogens is 1. The second kappa shape index (κ2) is 12.9. The lowest BCUT2D eigenvalue weighted by Gasteiger charge is -2.38. The van der Waals surface area contributed by atoms with E-state index in [-0.39, 0.29) is 35.8 Å². The summed E-state index contributed by atoms with van der Waals surface area (Å²) in [5.41, 5.74) is 7.47. The highest BCUT2D eigenvalue weighted by molar-refractivity contribution is 6.34. The second-order valence-electron chi connectivity index (χ2n) is 11.5. The molecule has 0 radical (unpaired) electrons. The van der Waals surface area contributed by atoms with Crippen LogP contribution in [0.2, 0.25) is 5.02 Å². The van der Waals surface area contributed by atoms with E-state index in [1.165, 1.54) is 12.4 Å². The molecule has 12 heteroatoms. The van der Waals surface area contributed by atoms with E-state index in [0.717, 1.165) is 16.2 Å². The van der Waals surface area contributed by atoms with Crippen molar-refractivity contribution in [3.05, 3.63) is 69.9 Å². The monoisotopic (exact) mass is 638 g/mol. The first-order valence-electron chi connectivity index (χ1n) is 14.5. The van der Waals surface area contributed by atoms with Crippen LogP contribution in [0.5, 0.6) is 0 Å². The minimum Gasteiger partial charge on any atom is -0.404 e. The normalized spacial score (nSPS) is 18.3. The van der Waals surface area contributed by atoms with Gasteiger partial charge in [0.2, 0.25) is 11.8 Å². The number of imide groups is 2. The van der Waals surface area contributed by atoms with E-state index >= 15 is 0 Å². The van der Waals surface area contributed by atoms with Gasteiger partial charge in [-0.05, 0) is 63.6 Å². The Morgan fingerprint density at radius 3 is 2.52 bits per heavy atom. The molecule has 2 saturated heterocycles. The minimum absolute atomic E-state index is 0.00716. The first-order chi connectivity index (χ1) is 21.9. The number of hydrogen-bond donors (Lipinski definition) is 3. The van der Waals surface area contributed by atoms with Gasteiger partial charge in [0, 0.05) is 43.2 Å². The van der Waals surface area contributed by atoms with Gasteiger partial charge in [-0.25, -0.2) is 0 Å². The van der Waals surface area contributed by atoms with Crippen LogP contribution >= 0.6 is 11.6 Å². The largest absolute Gasteiger partial charge is 0.404 e. The lowest BCUT2D eigenvalue weighted by Crippen LogP contribution is -2.54. The molecule has 5 rings (SSSR count). The fourth-order valence-corrected chi connectivity index (χ4v) is 5.37. The van der Waals surface area contributed by atoms with Crippen molar-refractivity contribution in [1.29, 1.82) is 0 Å². The number of nitrogens with zero attached hydrogens (tertiary/aromatic N) is 3. The van der Waals surface area contributed by atoms with Gasteiger partial charge in [0.25, 0.3) is 17.7 Å². The SMILES string of the molecule is CC#Cc1ccc(NC(=O)C(C)(C)N=CC(C#CC2CN(c3ccc4c(c3)C(=O)N(C3CCC(=O)NC3=O)C4=O)C2)=CN)c(Cl)c1. The van der Waals surface area contributed by atoms with E-state index in [9.17, 15) is 24.0 Å². The number of aliphatic imine (C=N–C) groups is 1. The van der Waals surface area contributed by atoms with Crippen LogP contribution < -0.4 is 21.3 Å². The number of anilines is 2. The fraction of sp³-hybridized carbons (Fsp3) is 0.294. The highest BCUT2D eigenvalue weighted by Crippen LogP contribution is 2.33. The lowest BCUT2D eigenvalue weighted by atomic mass is 9.98. The Bertz CT molecular complexity index is 1850. The van der Waals surface area contributed by atoms with E-state index in [1.807, 2.05) is 4.90 Å². The average Bonchev–Trinajstić information content (AvgIpc) is 3.24. The molecule has 1 atom stereocenters. The zero-order chi connectivity index (χ0) is 33.2. The summed E-state index contributed by atoms with van der Waals surface area (Å²) in [6.45, 7) is 6.21. The molecule has 0 spiro atoms. The molecule has 1 unspecified atom stereocenters. The minimum atomic E-state index is -1.14. The predicted molar refractivity (Wildman–Crippen MR) is 174 cm³/mol. The maximum absolute atomic E-state index is 13.1. The molecule has 4 N–H and O–H groups in total. The molecule has 2 fully saturated rings. The van der Waals surface area contributed by atoms with Crippen LogP contribution in [0.1, 0.15) is 59.9 Å². The highest BCUT2D eigenvalue weighted by Gasteiger charge is 2.45. The van der Waals surface area contributed by atoms with Crippen molar-refractivity contribution in [1.82, 2.24) is 10.2 Å². The maximum atomic E-state index is 13.1. The van der Waals surface area contributed by atoms with Gasteiger partial charge in [-0.3, -0.25) is 39.2 Å². The second-order valence-corrected chi connectivity index (χ2v) is 11.9. The molecule has 5 amide bonds. The summed E-state index contributed by atoms with van der Waals surface area (Å²) in [7, 11) is 0. The lowest BCUT2D eigenvalue weighted by molar-refractivity contribution is -0.136. The fourth-order valence-electron chi connectivity index (χ4n) is 5.14. The molecule has 3 heterocycles. The van der Waals surface area contributed by atoms with Crippen LogP contribution in [0.15, 0.2) is 53.2 Å². The number of allylic oxidation sites excluding steroid dienone is 1. The Balaban J connectivity index is 1.18. The number of hydrogen-bond acceptors (Lipinski definition) is 8. The molecule has 234 valence electrons. The van der Waals surface area contributed by atoms with Crippen molar-refractivity contribution in [2.24, 2.45) is 16.6 Å². The summed E-state index contributed by atoms with van der Waals surface area (Å²) in [6, 6.07) is 9.12. The summed E-state index contributed by atoms with van der Waals surface area (Å²) >= 11 is 6.31. The number of nitrogens with two attached hydrogens (primary N) is 1. The van der Waals surface area contributed by atoms with Gasteiger partial charge in [-0.2, -0.15) is 0 Å². The van der Waals surface area contributed by atoms with Crippen molar-refractivity contribution in [2.75, 3.05) is 23.3 Å². The Morgan fingerprint density at radius 1 is 1.11 bits per heavy atom. The Labute approximate surface area is 271 Å². The molecule has 3 aliphatic rings. The van der Waals surface area contributed by atoms with Crippen molar-refractivity contribution < 1.29 is 24.0 Å². The molecule has 11 nitrogen and oxygen atoms in total. The van der Waals surface area contributed by atoms with Crippen molar-refractivity contribution in [3.63, 3.8) is 0 Å². The molecule has 3 aliphatic heterocycles. The number of carbonyl (C=O) groups excluding carboxylic acids is 5. The van der Waals surface area contributed by atoms with E-state index in [4.69, 9.17) is 17.3 Å². The molecule has 0 aliphatic carbocycles. The van der Waals surface area contributed by atoms with Crippen LogP contribution in [0.25, 0.3) is 0 Å². The van der Waals surface area contributed by atoms with Crippen molar-refractivity contribution in [2.45, 2.75) is 45.2 Å². The summed E-state index contributed by atoms with van der Waals surface area (Å²) in [4.78, 5) is 70.2. The third-order valence-electron chi connectivity index (χ3n) is 7.84. The molecule has 0 aromatic heterocycles. The summed E-state index contributed by atoms with van der Waals surface area (Å²) < 4.78 is 0. The topological polar surface area (TPSA) is 154 Å². The molecule has 46 heavy (non-hydrogen) atoms. The zero-order valence-corrected chi connectivity index (χ0v) is 26.2. The van der Waals surface area contributed by atoms with Gasteiger partial charge in [-0.15, -0.1) is 5.92 Å². The Hall–Kier alpha value is -5.39. The average molecular weight is 639 g/mol.